The van der Waals surface area contributed by atoms with Crippen LogP contribution in [0.3, 0.4) is 0 Å². The minimum absolute atomic E-state index is 0.238. The van der Waals surface area contributed by atoms with Crippen LogP contribution in [0.25, 0.3) is 0 Å². The third-order valence-corrected chi connectivity index (χ3v) is 3.18. The first-order chi connectivity index (χ1) is 7.09. The lowest BCUT2D eigenvalue weighted by Crippen LogP contribution is -2.13. The Morgan fingerprint density at radius 1 is 1.60 bits per heavy atom. The van der Waals surface area contributed by atoms with Crippen molar-refractivity contribution < 1.29 is 4.79 Å². The second kappa shape index (κ2) is 3.56. The molecule has 1 aliphatic rings. The van der Waals surface area contributed by atoms with E-state index in [2.05, 4.69) is 12.0 Å². The predicted octanol–water partition coefficient (Wildman–Crippen LogP) is 0.925. The highest BCUT2D eigenvalue weighted by atomic mass is 16.1. The summed E-state index contributed by atoms with van der Waals surface area (Å²) in [5, 5.41) is 4.16. The zero-order chi connectivity index (χ0) is 11.0. The van der Waals surface area contributed by atoms with Crippen LogP contribution in [0, 0.1) is 5.92 Å². The zero-order valence-electron chi connectivity index (χ0n) is 8.81. The molecule has 1 saturated carbocycles. The van der Waals surface area contributed by atoms with Crippen molar-refractivity contribution in [2.45, 2.75) is 32.2 Å². The summed E-state index contributed by atoms with van der Waals surface area (Å²) in [7, 11) is 0. The van der Waals surface area contributed by atoms with Crippen molar-refractivity contribution in [3.8, 4) is 0 Å². The number of amides is 1. The number of nitrogen functional groups attached to an aromatic ring is 1. The fraction of sp³-hybridized carbons (Fsp3) is 0.600. The number of hydrogen-bond donors (Lipinski definition) is 2. The standard InChI is InChI=1S/C10H16N4O/c1-6-3-2-4-8(6)14-5-7(10(12)15)9(11)13-14/h5-6,8H,2-4H2,1H3,(H2,11,13)(H2,12,15)/t6-,8-/m0/s1. The largest absolute Gasteiger partial charge is 0.382 e. The van der Waals surface area contributed by atoms with Gasteiger partial charge in [-0.1, -0.05) is 13.3 Å². The first-order valence-corrected chi connectivity index (χ1v) is 5.24. The molecule has 2 atom stereocenters. The van der Waals surface area contributed by atoms with Crippen molar-refractivity contribution >= 4 is 11.7 Å². The second-order valence-corrected chi connectivity index (χ2v) is 4.25. The number of nitrogens with two attached hydrogens (primary N) is 2. The van der Waals surface area contributed by atoms with Crippen LogP contribution < -0.4 is 11.5 Å². The summed E-state index contributed by atoms with van der Waals surface area (Å²) < 4.78 is 1.80. The number of anilines is 1. The van der Waals surface area contributed by atoms with E-state index in [4.69, 9.17) is 11.5 Å². The van der Waals surface area contributed by atoms with E-state index >= 15 is 0 Å². The van der Waals surface area contributed by atoms with Crippen molar-refractivity contribution in [3.63, 3.8) is 0 Å². The Labute approximate surface area is 88.4 Å². The van der Waals surface area contributed by atoms with Gasteiger partial charge in [-0.05, 0) is 18.8 Å². The predicted molar refractivity (Wildman–Crippen MR) is 57.2 cm³/mol. The van der Waals surface area contributed by atoms with Crippen molar-refractivity contribution in [2.75, 3.05) is 5.73 Å². The van der Waals surface area contributed by atoms with E-state index in [-0.39, 0.29) is 5.82 Å². The molecule has 1 heterocycles. The lowest BCUT2D eigenvalue weighted by molar-refractivity contribution is 0.100. The van der Waals surface area contributed by atoms with Crippen LogP contribution in [0.15, 0.2) is 6.20 Å². The number of carbonyl (C=O) groups is 1. The maximum Gasteiger partial charge on any atom is 0.254 e. The molecule has 1 aliphatic carbocycles. The monoisotopic (exact) mass is 208 g/mol. The average molecular weight is 208 g/mol. The minimum atomic E-state index is -0.510. The van der Waals surface area contributed by atoms with Crippen LogP contribution in [0.1, 0.15) is 42.6 Å². The normalized spacial score (nSPS) is 25.7. The van der Waals surface area contributed by atoms with Gasteiger partial charge in [0.15, 0.2) is 5.82 Å². The summed E-state index contributed by atoms with van der Waals surface area (Å²) in [6.07, 6.45) is 5.18. The van der Waals surface area contributed by atoms with Gasteiger partial charge in [0, 0.05) is 6.20 Å². The van der Waals surface area contributed by atoms with Gasteiger partial charge in [-0.3, -0.25) is 9.48 Å². The van der Waals surface area contributed by atoms with Crippen LogP contribution in [0.2, 0.25) is 0 Å². The molecule has 0 saturated heterocycles. The smallest absolute Gasteiger partial charge is 0.254 e. The topological polar surface area (TPSA) is 86.9 Å². The molecule has 82 valence electrons. The molecule has 0 unspecified atom stereocenters. The number of primary amides is 1. The molecule has 1 aromatic rings. The van der Waals surface area contributed by atoms with Gasteiger partial charge < -0.3 is 11.5 Å². The molecule has 0 bridgehead atoms. The zero-order valence-corrected chi connectivity index (χ0v) is 8.81. The lowest BCUT2D eigenvalue weighted by atomic mass is 10.1. The van der Waals surface area contributed by atoms with Crippen LogP contribution in [0.4, 0.5) is 5.82 Å². The Morgan fingerprint density at radius 3 is 2.80 bits per heavy atom. The number of rotatable bonds is 2. The molecular formula is C10H16N4O. The number of aromatic nitrogens is 2. The molecule has 5 heteroatoms. The second-order valence-electron chi connectivity index (χ2n) is 4.25. The third kappa shape index (κ3) is 1.69. The molecule has 5 nitrogen and oxygen atoms in total. The van der Waals surface area contributed by atoms with Gasteiger partial charge in [-0.2, -0.15) is 5.10 Å². The summed E-state index contributed by atoms with van der Waals surface area (Å²) >= 11 is 0. The highest BCUT2D eigenvalue weighted by Gasteiger charge is 2.26. The maximum absolute atomic E-state index is 11.0. The van der Waals surface area contributed by atoms with Crippen LogP contribution in [-0.4, -0.2) is 15.7 Å². The van der Waals surface area contributed by atoms with Gasteiger partial charge in [-0.25, -0.2) is 0 Å². The van der Waals surface area contributed by atoms with Gasteiger partial charge in [0.25, 0.3) is 5.91 Å². The Morgan fingerprint density at radius 2 is 2.33 bits per heavy atom. The molecule has 1 aromatic heterocycles. The molecule has 0 radical (unpaired) electrons. The van der Waals surface area contributed by atoms with E-state index in [0.717, 1.165) is 6.42 Å². The molecule has 1 fully saturated rings. The van der Waals surface area contributed by atoms with E-state index < -0.39 is 5.91 Å². The Balaban J connectivity index is 2.29. The van der Waals surface area contributed by atoms with E-state index in [1.165, 1.54) is 12.8 Å². The molecule has 0 aromatic carbocycles. The van der Waals surface area contributed by atoms with Crippen LogP contribution >= 0.6 is 0 Å². The number of hydrogen-bond acceptors (Lipinski definition) is 3. The van der Waals surface area contributed by atoms with E-state index in [1.807, 2.05) is 0 Å². The molecular weight excluding hydrogens is 192 g/mol. The van der Waals surface area contributed by atoms with E-state index in [1.54, 1.807) is 10.9 Å². The van der Waals surface area contributed by atoms with Gasteiger partial charge in [-0.15, -0.1) is 0 Å². The van der Waals surface area contributed by atoms with Crippen LogP contribution in [-0.2, 0) is 0 Å². The van der Waals surface area contributed by atoms with Gasteiger partial charge in [0.2, 0.25) is 0 Å². The van der Waals surface area contributed by atoms with E-state index in [0.29, 0.717) is 17.5 Å². The fourth-order valence-corrected chi connectivity index (χ4v) is 2.28. The summed E-state index contributed by atoms with van der Waals surface area (Å²) in [4.78, 5) is 11.0. The summed E-state index contributed by atoms with van der Waals surface area (Å²) in [5.41, 5.74) is 11.1. The van der Waals surface area contributed by atoms with Crippen molar-refractivity contribution in [2.24, 2.45) is 11.7 Å². The highest BCUT2D eigenvalue weighted by Crippen LogP contribution is 2.35. The number of nitrogens with zero attached hydrogens (tertiary/aromatic N) is 2. The van der Waals surface area contributed by atoms with Crippen molar-refractivity contribution in [3.05, 3.63) is 11.8 Å². The van der Waals surface area contributed by atoms with Crippen LogP contribution in [0.5, 0.6) is 0 Å². The first kappa shape index (κ1) is 10.0. The van der Waals surface area contributed by atoms with Gasteiger partial charge in [0.1, 0.15) is 5.56 Å². The number of carbonyl (C=O) groups excluding carboxylic acids is 1. The summed E-state index contributed by atoms with van der Waals surface area (Å²) in [6, 6.07) is 0.361. The average Bonchev–Trinajstić information content (AvgIpc) is 2.71. The van der Waals surface area contributed by atoms with E-state index in [9.17, 15) is 4.79 Å². The first-order valence-electron chi connectivity index (χ1n) is 5.24. The molecule has 4 N–H and O–H groups in total. The maximum atomic E-state index is 11.0. The SMILES string of the molecule is C[C@H]1CCC[C@@H]1n1cc(C(N)=O)c(N)n1. The van der Waals surface area contributed by atoms with Gasteiger partial charge in [0.05, 0.1) is 6.04 Å². The lowest BCUT2D eigenvalue weighted by Gasteiger charge is -2.15. The Bertz CT molecular complexity index is 385. The highest BCUT2D eigenvalue weighted by molar-refractivity contribution is 5.96. The third-order valence-electron chi connectivity index (χ3n) is 3.18. The van der Waals surface area contributed by atoms with Gasteiger partial charge >= 0.3 is 0 Å². The fourth-order valence-electron chi connectivity index (χ4n) is 2.28. The molecule has 15 heavy (non-hydrogen) atoms. The quantitative estimate of drug-likeness (QED) is 0.757. The molecule has 2 rings (SSSR count). The summed E-state index contributed by atoms with van der Waals surface area (Å²) in [5.74, 6) is 0.316. The molecule has 1 amide bonds. The Hall–Kier alpha value is -1.52. The molecule has 0 aliphatic heterocycles. The minimum Gasteiger partial charge on any atom is -0.382 e. The summed E-state index contributed by atoms with van der Waals surface area (Å²) in [6.45, 7) is 2.19. The molecule has 0 spiro atoms. The van der Waals surface area contributed by atoms with Crippen molar-refractivity contribution in [1.82, 2.24) is 9.78 Å². The Kier molecular flexibility index (Phi) is 2.38. The van der Waals surface area contributed by atoms with Crippen molar-refractivity contribution in [1.29, 1.82) is 0 Å².